The van der Waals surface area contributed by atoms with Crippen LogP contribution in [0, 0.1) is 12.3 Å². The van der Waals surface area contributed by atoms with Gasteiger partial charge >= 0.3 is 0 Å². The number of hydrogen-bond acceptors (Lipinski definition) is 3. The molecule has 1 aliphatic rings. The number of ether oxygens (including phenoxy) is 1. The van der Waals surface area contributed by atoms with Crippen LogP contribution in [-0.2, 0) is 11.3 Å². The van der Waals surface area contributed by atoms with Gasteiger partial charge in [0.1, 0.15) is 0 Å². The van der Waals surface area contributed by atoms with E-state index >= 15 is 0 Å². The number of imidazole rings is 1. The minimum Gasteiger partial charge on any atom is -0.383 e. The number of nitrogens with zero attached hydrogens (tertiary/aromatic N) is 2. The second-order valence-corrected chi connectivity index (χ2v) is 6.32. The normalized spacial score (nSPS) is 22.4. The van der Waals surface area contributed by atoms with Gasteiger partial charge in [0, 0.05) is 25.9 Å². The van der Waals surface area contributed by atoms with Crippen LogP contribution in [0.25, 0.3) is 0 Å². The summed E-state index contributed by atoms with van der Waals surface area (Å²) in [4.78, 5) is 4.62. The van der Waals surface area contributed by atoms with Gasteiger partial charge in [0.2, 0.25) is 5.95 Å². The standard InChI is InChI=1S/C15H27N3O/c1-12-11-18(9-10-19-4)14(16-12)17-13-7-5-6-8-15(13,2)3/h11,13H,5-10H2,1-4H3,(H,16,17). The van der Waals surface area contributed by atoms with E-state index in [0.29, 0.717) is 11.5 Å². The third-order valence-corrected chi connectivity index (χ3v) is 4.24. The summed E-state index contributed by atoms with van der Waals surface area (Å²) in [5.41, 5.74) is 1.41. The maximum atomic E-state index is 5.16. The molecule has 1 N–H and O–H groups in total. The van der Waals surface area contributed by atoms with Crippen molar-refractivity contribution in [1.29, 1.82) is 0 Å². The van der Waals surface area contributed by atoms with Crippen LogP contribution in [0.1, 0.15) is 45.2 Å². The second-order valence-electron chi connectivity index (χ2n) is 6.32. The van der Waals surface area contributed by atoms with Gasteiger partial charge in [0.25, 0.3) is 0 Å². The first-order valence-electron chi connectivity index (χ1n) is 7.32. The number of anilines is 1. The number of aromatic nitrogens is 2. The van der Waals surface area contributed by atoms with Crippen LogP contribution in [0.4, 0.5) is 5.95 Å². The summed E-state index contributed by atoms with van der Waals surface area (Å²) in [5.74, 6) is 0.995. The van der Waals surface area contributed by atoms with Crippen LogP contribution in [-0.4, -0.2) is 29.3 Å². The first-order chi connectivity index (χ1) is 9.03. The predicted molar refractivity (Wildman–Crippen MR) is 78.5 cm³/mol. The number of rotatable bonds is 5. The van der Waals surface area contributed by atoms with Gasteiger partial charge in [-0.1, -0.05) is 26.7 Å². The lowest BCUT2D eigenvalue weighted by Crippen LogP contribution is -2.39. The van der Waals surface area contributed by atoms with Crippen LogP contribution in [0.5, 0.6) is 0 Å². The Kier molecular flexibility index (Phi) is 4.50. The van der Waals surface area contributed by atoms with E-state index in [1.807, 2.05) is 6.92 Å². The Morgan fingerprint density at radius 1 is 1.47 bits per heavy atom. The van der Waals surface area contributed by atoms with Gasteiger partial charge in [-0.25, -0.2) is 4.98 Å². The molecule has 0 amide bonds. The maximum Gasteiger partial charge on any atom is 0.203 e. The Bertz CT molecular complexity index is 412. The van der Waals surface area contributed by atoms with E-state index in [-0.39, 0.29) is 0 Å². The van der Waals surface area contributed by atoms with Gasteiger partial charge in [-0.3, -0.25) is 0 Å². The van der Waals surface area contributed by atoms with Crippen LogP contribution < -0.4 is 5.32 Å². The first kappa shape index (κ1) is 14.4. The lowest BCUT2D eigenvalue weighted by molar-refractivity contribution is 0.186. The molecule has 2 rings (SSSR count). The molecule has 19 heavy (non-hydrogen) atoms. The SMILES string of the molecule is COCCn1cc(C)nc1NC1CCCCC1(C)C. The molecule has 4 heteroatoms. The Balaban J connectivity index is 2.09. The molecule has 1 atom stereocenters. The average Bonchev–Trinajstić information content (AvgIpc) is 2.69. The van der Waals surface area contributed by atoms with Crippen LogP contribution in [0.3, 0.4) is 0 Å². The van der Waals surface area contributed by atoms with Crippen molar-refractivity contribution in [3.63, 3.8) is 0 Å². The highest BCUT2D eigenvalue weighted by Gasteiger charge is 2.32. The lowest BCUT2D eigenvalue weighted by atomic mass is 9.73. The minimum absolute atomic E-state index is 0.351. The molecule has 1 aliphatic carbocycles. The predicted octanol–water partition coefficient (Wildman–Crippen LogP) is 3.22. The quantitative estimate of drug-likeness (QED) is 0.888. The molecule has 0 aromatic carbocycles. The average molecular weight is 265 g/mol. The third-order valence-electron chi connectivity index (χ3n) is 4.24. The van der Waals surface area contributed by atoms with E-state index in [9.17, 15) is 0 Å². The van der Waals surface area contributed by atoms with Crippen molar-refractivity contribution in [2.75, 3.05) is 19.0 Å². The summed E-state index contributed by atoms with van der Waals surface area (Å²) >= 11 is 0. The minimum atomic E-state index is 0.351. The van der Waals surface area contributed by atoms with E-state index in [0.717, 1.165) is 24.8 Å². The van der Waals surface area contributed by atoms with Crippen molar-refractivity contribution < 1.29 is 4.74 Å². The largest absolute Gasteiger partial charge is 0.383 e. The third kappa shape index (κ3) is 3.50. The fraction of sp³-hybridized carbons (Fsp3) is 0.800. The summed E-state index contributed by atoms with van der Waals surface area (Å²) in [6, 6.07) is 0.518. The van der Waals surface area contributed by atoms with Gasteiger partial charge in [-0.05, 0) is 25.2 Å². The zero-order valence-electron chi connectivity index (χ0n) is 12.7. The van der Waals surface area contributed by atoms with Crippen LogP contribution in [0.15, 0.2) is 6.20 Å². The Labute approximate surface area is 116 Å². The molecule has 0 bridgehead atoms. The zero-order chi connectivity index (χ0) is 13.9. The van der Waals surface area contributed by atoms with Gasteiger partial charge in [0.15, 0.2) is 0 Å². The maximum absolute atomic E-state index is 5.16. The fourth-order valence-corrected chi connectivity index (χ4v) is 2.94. The summed E-state index contributed by atoms with van der Waals surface area (Å²) in [7, 11) is 1.74. The Morgan fingerprint density at radius 2 is 2.26 bits per heavy atom. The molecule has 0 saturated heterocycles. The highest BCUT2D eigenvalue weighted by molar-refractivity contribution is 5.31. The number of aryl methyl sites for hydroxylation is 1. The molecule has 4 nitrogen and oxygen atoms in total. The van der Waals surface area contributed by atoms with Crippen molar-refractivity contribution in [1.82, 2.24) is 9.55 Å². The van der Waals surface area contributed by atoms with Crippen molar-refractivity contribution in [2.24, 2.45) is 5.41 Å². The summed E-state index contributed by atoms with van der Waals surface area (Å²) in [6.45, 7) is 8.34. The molecular weight excluding hydrogens is 238 g/mol. The van der Waals surface area contributed by atoms with E-state index in [4.69, 9.17) is 4.74 Å². The molecule has 1 aromatic rings. The van der Waals surface area contributed by atoms with Crippen LogP contribution in [0.2, 0.25) is 0 Å². The number of methoxy groups -OCH3 is 1. The summed E-state index contributed by atoms with van der Waals surface area (Å²) in [5, 5.41) is 3.67. The summed E-state index contributed by atoms with van der Waals surface area (Å²) < 4.78 is 7.33. The zero-order valence-corrected chi connectivity index (χ0v) is 12.7. The molecule has 1 fully saturated rings. The first-order valence-corrected chi connectivity index (χ1v) is 7.32. The molecule has 1 aromatic heterocycles. The number of hydrogen-bond donors (Lipinski definition) is 1. The van der Waals surface area contributed by atoms with Gasteiger partial charge in [-0.15, -0.1) is 0 Å². The van der Waals surface area contributed by atoms with Crippen molar-refractivity contribution in [3.05, 3.63) is 11.9 Å². The van der Waals surface area contributed by atoms with Crippen molar-refractivity contribution in [3.8, 4) is 0 Å². The van der Waals surface area contributed by atoms with Crippen LogP contribution >= 0.6 is 0 Å². The van der Waals surface area contributed by atoms with E-state index in [1.165, 1.54) is 25.7 Å². The van der Waals surface area contributed by atoms with Crippen molar-refractivity contribution in [2.45, 2.75) is 59.0 Å². The van der Waals surface area contributed by atoms with E-state index in [1.54, 1.807) is 7.11 Å². The van der Waals surface area contributed by atoms with Gasteiger partial charge < -0.3 is 14.6 Å². The van der Waals surface area contributed by atoms with Gasteiger partial charge in [0.05, 0.1) is 12.3 Å². The molecule has 0 aliphatic heterocycles. The smallest absolute Gasteiger partial charge is 0.203 e. The molecule has 0 spiro atoms. The molecule has 1 saturated carbocycles. The number of nitrogens with one attached hydrogen (secondary N) is 1. The highest BCUT2D eigenvalue weighted by Crippen LogP contribution is 2.37. The second kappa shape index (κ2) is 5.95. The molecular formula is C15H27N3O. The lowest BCUT2D eigenvalue weighted by Gasteiger charge is -2.39. The Hall–Kier alpha value is -1.03. The molecule has 1 unspecified atom stereocenters. The van der Waals surface area contributed by atoms with Crippen molar-refractivity contribution >= 4 is 5.95 Å². The van der Waals surface area contributed by atoms with Gasteiger partial charge in [-0.2, -0.15) is 0 Å². The molecule has 1 heterocycles. The Morgan fingerprint density at radius 3 is 2.95 bits per heavy atom. The fourth-order valence-electron chi connectivity index (χ4n) is 2.94. The topological polar surface area (TPSA) is 39.1 Å². The molecule has 108 valence electrons. The summed E-state index contributed by atoms with van der Waals surface area (Å²) in [6.07, 6.45) is 7.30. The van der Waals surface area contributed by atoms with E-state index < -0.39 is 0 Å². The monoisotopic (exact) mass is 265 g/mol. The highest BCUT2D eigenvalue weighted by atomic mass is 16.5. The van der Waals surface area contributed by atoms with E-state index in [2.05, 4.69) is 34.9 Å². The molecule has 0 radical (unpaired) electrons.